The van der Waals surface area contributed by atoms with Gasteiger partial charge in [0.25, 0.3) is 5.91 Å². The molecule has 0 aliphatic heterocycles. The molecule has 0 N–H and O–H groups in total. The molecule has 1 amide bonds. The van der Waals surface area contributed by atoms with Gasteiger partial charge in [0.2, 0.25) is 0 Å². The highest BCUT2D eigenvalue weighted by Crippen LogP contribution is 2.35. The third-order valence-corrected chi connectivity index (χ3v) is 6.57. The van der Waals surface area contributed by atoms with E-state index in [-0.39, 0.29) is 22.8 Å². The number of amides is 1. The van der Waals surface area contributed by atoms with E-state index in [0.717, 1.165) is 17.4 Å². The Labute approximate surface area is 209 Å². The van der Waals surface area contributed by atoms with Crippen molar-refractivity contribution in [3.05, 3.63) is 101 Å². The first-order chi connectivity index (χ1) is 16.9. The number of aromatic nitrogens is 3. The number of hydrogen-bond donors (Lipinski definition) is 0. The lowest BCUT2D eigenvalue weighted by Gasteiger charge is -2.24. The maximum atomic E-state index is 14.2. The SMILES string of the molecule is CS(=O)(=O)c1cccc(N(Cc2cccnc2)C(=O)c2cnn(-c3ccc(Cl)cc3)c2C(F)(F)F)c1. The molecule has 2 aromatic heterocycles. The molecule has 0 atom stereocenters. The molecule has 0 aliphatic carbocycles. The van der Waals surface area contributed by atoms with Gasteiger partial charge in [0.05, 0.1) is 28.9 Å². The van der Waals surface area contributed by atoms with Crippen molar-refractivity contribution in [3.63, 3.8) is 0 Å². The van der Waals surface area contributed by atoms with Gasteiger partial charge in [0, 0.05) is 29.4 Å². The molecule has 186 valence electrons. The summed E-state index contributed by atoms with van der Waals surface area (Å²) in [5, 5.41) is 4.16. The number of hydrogen-bond acceptors (Lipinski definition) is 5. The van der Waals surface area contributed by atoms with Gasteiger partial charge in [-0.3, -0.25) is 9.78 Å². The first kappa shape index (κ1) is 25.4. The molecule has 0 aliphatic rings. The summed E-state index contributed by atoms with van der Waals surface area (Å²) in [4.78, 5) is 18.6. The van der Waals surface area contributed by atoms with Crippen LogP contribution in [0.15, 0.2) is 84.1 Å². The first-order valence-corrected chi connectivity index (χ1v) is 12.6. The second-order valence-corrected chi connectivity index (χ2v) is 10.3. The van der Waals surface area contributed by atoms with Crippen molar-refractivity contribution in [2.75, 3.05) is 11.2 Å². The van der Waals surface area contributed by atoms with Crippen LogP contribution >= 0.6 is 11.6 Å². The Morgan fingerprint density at radius 1 is 1.06 bits per heavy atom. The maximum absolute atomic E-state index is 14.2. The highest BCUT2D eigenvalue weighted by Gasteiger charge is 2.41. The standard InChI is InChI=1S/C24H18ClF3N4O3S/c1-36(34,35)20-6-2-5-19(12-20)31(15-16-4-3-11-29-13-16)23(33)21-14-30-32(22(21)24(26,27)28)18-9-7-17(25)8-10-18/h2-14H,15H2,1H3. The first-order valence-electron chi connectivity index (χ1n) is 10.4. The van der Waals surface area contributed by atoms with Crippen LogP contribution in [0.5, 0.6) is 0 Å². The van der Waals surface area contributed by atoms with Crippen molar-refractivity contribution < 1.29 is 26.4 Å². The maximum Gasteiger partial charge on any atom is 0.434 e. The van der Waals surface area contributed by atoms with Crippen LogP contribution in [0.1, 0.15) is 21.6 Å². The summed E-state index contributed by atoms with van der Waals surface area (Å²) in [5.74, 6) is -1.02. The highest BCUT2D eigenvalue weighted by atomic mass is 35.5. The summed E-state index contributed by atoms with van der Waals surface area (Å²) in [6.07, 6.45) is -0.121. The lowest BCUT2D eigenvalue weighted by Crippen LogP contribution is -2.32. The van der Waals surface area contributed by atoms with Gasteiger partial charge in [-0.05, 0) is 54.1 Å². The molecule has 36 heavy (non-hydrogen) atoms. The Morgan fingerprint density at radius 3 is 2.39 bits per heavy atom. The van der Waals surface area contributed by atoms with Gasteiger partial charge in [-0.1, -0.05) is 23.7 Å². The molecule has 2 aromatic carbocycles. The molecule has 0 radical (unpaired) electrons. The molecule has 7 nitrogen and oxygen atoms in total. The van der Waals surface area contributed by atoms with Gasteiger partial charge < -0.3 is 4.90 Å². The van der Waals surface area contributed by atoms with Crippen LogP contribution in [0.3, 0.4) is 0 Å². The van der Waals surface area contributed by atoms with Gasteiger partial charge in [-0.15, -0.1) is 0 Å². The van der Waals surface area contributed by atoms with Crippen molar-refractivity contribution >= 4 is 33.0 Å². The van der Waals surface area contributed by atoms with Crippen molar-refractivity contribution in [1.82, 2.24) is 14.8 Å². The van der Waals surface area contributed by atoms with Crippen LogP contribution in [-0.4, -0.2) is 35.3 Å². The number of halogens is 4. The predicted molar refractivity (Wildman–Crippen MR) is 128 cm³/mol. The number of carbonyl (C=O) groups excluding carboxylic acids is 1. The van der Waals surface area contributed by atoms with E-state index in [2.05, 4.69) is 10.1 Å². The third kappa shape index (κ3) is 5.42. The monoisotopic (exact) mass is 534 g/mol. The minimum atomic E-state index is -4.93. The van der Waals surface area contributed by atoms with Crippen molar-refractivity contribution in [2.45, 2.75) is 17.6 Å². The summed E-state index contributed by atoms with van der Waals surface area (Å²) >= 11 is 5.86. The van der Waals surface area contributed by atoms with Crippen LogP contribution in [0, 0.1) is 0 Å². The van der Waals surface area contributed by atoms with E-state index in [1.165, 1.54) is 60.9 Å². The van der Waals surface area contributed by atoms with Crippen LogP contribution in [0.2, 0.25) is 5.02 Å². The van der Waals surface area contributed by atoms with E-state index in [1.54, 1.807) is 12.1 Å². The number of carbonyl (C=O) groups is 1. The van der Waals surface area contributed by atoms with E-state index in [4.69, 9.17) is 11.6 Å². The topological polar surface area (TPSA) is 85.2 Å². The van der Waals surface area contributed by atoms with Crippen LogP contribution in [-0.2, 0) is 22.6 Å². The quantitative estimate of drug-likeness (QED) is 0.340. The molecule has 4 rings (SSSR count). The molecule has 0 unspecified atom stereocenters. The summed E-state index contributed by atoms with van der Waals surface area (Å²) in [5.41, 5.74) is -1.30. The van der Waals surface area contributed by atoms with E-state index in [9.17, 15) is 26.4 Å². The number of anilines is 1. The van der Waals surface area contributed by atoms with Crippen LogP contribution in [0.25, 0.3) is 5.69 Å². The van der Waals surface area contributed by atoms with Crippen LogP contribution < -0.4 is 4.90 Å². The number of nitrogens with zero attached hydrogens (tertiary/aromatic N) is 4. The summed E-state index contributed by atoms with van der Waals surface area (Å²) < 4.78 is 67.5. The van der Waals surface area contributed by atoms with Crippen molar-refractivity contribution in [2.24, 2.45) is 0 Å². The number of pyridine rings is 1. The number of alkyl halides is 3. The molecule has 0 spiro atoms. The van der Waals surface area contributed by atoms with Gasteiger partial charge >= 0.3 is 6.18 Å². The Morgan fingerprint density at radius 2 is 1.78 bits per heavy atom. The van der Waals surface area contributed by atoms with Crippen molar-refractivity contribution in [3.8, 4) is 5.69 Å². The molecule has 0 bridgehead atoms. The van der Waals surface area contributed by atoms with Gasteiger partial charge in [-0.2, -0.15) is 18.3 Å². The number of sulfone groups is 1. The Kier molecular flexibility index (Phi) is 6.87. The molecule has 0 saturated heterocycles. The normalized spacial score (nSPS) is 11.9. The fraction of sp³-hybridized carbons (Fsp3) is 0.125. The smallest absolute Gasteiger partial charge is 0.304 e. The predicted octanol–water partition coefficient (Wildman–Crippen LogP) is 5.19. The molecule has 2 heterocycles. The summed E-state index contributed by atoms with van der Waals surface area (Å²) in [6.45, 7) is -0.163. The van der Waals surface area contributed by atoms with Crippen molar-refractivity contribution in [1.29, 1.82) is 0 Å². The van der Waals surface area contributed by atoms with Gasteiger partial charge in [0.1, 0.15) is 0 Å². The zero-order valence-electron chi connectivity index (χ0n) is 18.6. The van der Waals surface area contributed by atoms with E-state index in [0.29, 0.717) is 15.3 Å². The molecule has 12 heteroatoms. The second kappa shape index (κ2) is 9.75. The molecular formula is C24H18ClF3N4O3S. The number of benzene rings is 2. The third-order valence-electron chi connectivity index (χ3n) is 5.21. The Hall–Kier alpha value is -3.70. The lowest BCUT2D eigenvalue weighted by atomic mass is 10.1. The minimum Gasteiger partial charge on any atom is -0.304 e. The summed E-state index contributed by atoms with van der Waals surface area (Å²) in [7, 11) is -3.65. The van der Waals surface area contributed by atoms with Crippen LogP contribution in [0.4, 0.5) is 18.9 Å². The lowest BCUT2D eigenvalue weighted by molar-refractivity contribution is -0.143. The highest BCUT2D eigenvalue weighted by molar-refractivity contribution is 7.90. The zero-order valence-corrected chi connectivity index (χ0v) is 20.2. The molecule has 0 fully saturated rings. The van der Waals surface area contributed by atoms with E-state index in [1.807, 2.05) is 0 Å². The fourth-order valence-electron chi connectivity index (χ4n) is 3.54. The molecular weight excluding hydrogens is 517 g/mol. The fourth-order valence-corrected chi connectivity index (χ4v) is 4.32. The molecule has 0 saturated carbocycles. The average Bonchev–Trinajstić information content (AvgIpc) is 3.29. The molecule has 4 aromatic rings. The van der Waals surface area contributed by atoms with Gasteiger partial charge in [-0.25, -0.2) is 13.1 Å². The minimum absolute atomic E-state index is 0.0589. The van der Waals surface area contributed by atoms with E-state index < -0.39 is 33.2 Å². The Bertz CT molecular complexity index is 1510. The zero-order chi connectivity index (χ0) is 26.1. The summed E-state index contributed by atoms with van der Waals surface area (Å²) in [6, 6.07) is 14.2. The van der Waals surface area contributed by atoms with Gasteiger partial charge in [0.15, 0.2) is 15.5 Å². The Balaban J connectivity index is 1.86. The average molecular weight is 535 g/mol. The largest absolute Gasteiger partial charge is 0.434 e. The van der Waals surface area contributed by atoms with E-state index >= 15 is 0 Å². The second-order valence-electron chi connectivity index (χ2n) is 7.81. The number of rotatable bonds is 6.